The molecule has 1 aliphatic rings. The van der Waals surface area contributed by atoms with Crippen LogP contribution in [0, 0.1) is 0 Å². The van der Waals surface area contributed by atoms with Crippen molar-refractivity contribution in [2.45, 2.75) is 416 Å². The standard InChI is InChI=1S/C81H147NO10/c1-4-7-10-13-16-19-22-25-27-29-31-33-35-37-38-39-41-43-45-47-49-51-54-57-60-63-66-69-76(86)92-79-78(88)77(87)75(70-83)91-81(79)90-71-72(73(84)67-64-61-58-55-52-24-21-18-15-12-9-6-3)82-80(89)74(85)68-65-62-59-56-53-50-48-46-44-42-40-36-34-32-30-28-26-23-20-17-14-11-8-5-2/h8,11,17,20,26,28,32,34,40,42,64,67,72-75,77-79,81,83-85,87-88H,4-7,9-10,12-16,18-19,21-25,27,29-31,33,35-39,41,43-63,65-66,68-71H2,1-3H3,(H,82,89)/b11-8-,20-17-,28-26-,34-32-,42-40-,67-64+. The van der Waals surface area contributed by atoms with E-state index < -0.39 is 67.4 Å². The van der Waals surface area contributed by atoms with Crippen molar-refractivity contribution in [2.75, 3.05) is 13.2 Å². The third-order valence-electron chi connectivity index (χ3n) is 18.4. The fraction of sp³-hybridized carbons (Fsp3) is 0.827. The molecule has 536 valence electrons. The van der Waals surface area contributed by atoms with Gasteiger partial charge in [0.2, 0.25) is 5.91 Å². The zero-order chi connectivity index (χ0) is 66.7. The monoisotopic (exact) mass is 1290 g/mol. The van der Waals surface area contributed by atoms with Gasteiger partial charge in [0.05, 0.1) is 25.4 Å². The molecule has 1 saturated heterocycles. The number of carbonyl (C=O) groups is 2. The molecule has 1 rings (SSSR count). The summed E-state index contributed by atoms with van der Waals surface area (Å²) in [6, 6.07) is -1.03. The first-order valence-electron chi connectivity index (χ1n) is 39.2. The molecule has 6 N–H and O–H groups in total. The molecule has 0 aliphatic carbocycles. The second kappa shape index (κ2) is 68.1. The molecule has 92 heavy (non-hydrogen) atoms. The summed E-state index contributed by atoms with van der Waals surface area (Å²) in [4.78, 5) is 26.8. The predicted octanol–water partition coefficient (Wildman–Crippen LogP) is 21.0. The lowest BCUT2D eigenvalue weighted by molar-refractivity contribution is -0.305. The molecule has 11 heteroatoms. The average Bonchev–Trinajstić information content (AvgIpc) is 0.928. The van der Waals surface area contributed by atoms with E-state index in [9.17, 15) is 35.1 Å². The van der Waals surface area contributed by atoms with E-state index in [4.69, 9.17) is 14.2 Å². The van der Waals surface area contributed by atoms with E-state index in [1.54, 1.807) is 6.08 Å². The molecule has 0 radical (unpaired) electrons. The van der Waals surface area contributed by atoms with Crippen LogP contribution >= 0.6 is 0 Å². The molecule has 0 bridgehead atoms. The van der Waals surface area contributed by atoms with E-state index in [-0.39, 0.29) is 19.4 Å². The molecule has 8 unspecified atom stereocenters. The molecule has 0 aromatic heterocycles. The highest BCUT2D eigenvalue weighted by atomic mass is 16.7. The molecule has 8 atom stereocenters. The Bertz CT molecular complexity index is 1780. The lowest BCUT2D eigenvalue weighted by Gasteiger charge is -2.41. The van der Waals surface area contributed by atoms with Crippen LogP contribution in [0.3, 0.4) is 0 Å². The molecule has 1 aliphatic heterocycles. The third kappa shape index (κ3) is 54.2. The van der Waals surface area contributed by atoms with Gasteiger partial charge in [0, 0.05) is 6.42 Å². The van der Waals surface area contributed by atoms with Gasteiger partial charge in [-0.2, -0.15) is 0 Å². The smallest absolute Gasteiger partial charge is 0.306 e. The number of carbonyl (C=O) groups excluding carboxylic acids is 2. The fourth-order valence-corrected chi connectivity index (χ4v) is 12.3. The number of ether oxygens (including phenoxy) is 3. The van der Waals surface area contributed by atoms with Crippen molar-refractivity contribution in [3.63, 3.8) is 0 Å². The van der Waals surface area contributed by atoms with Crippen LogP contribution in [-0.2, 0) is 23.8 Å². The van der Waals surface area contributed by atoms with Crippen molar-refractivity contribution in [1.82, 2.24) is 5.32 Å². The summed E-state index contributed by atoms with van der Waals surface area (Å²) in [5.74, 6) is -1.19. The minimum Gasteiger partial charge on any atom is -0.454 e. The van der Waals surface area contributed by atoms with Crippen LogP contribution in [-0.4, -0.2) is 99.6 Å². The number of rotatable bonds is 68. The van der Waals surface area contributed by atoms with Gasteiger partial charge < -0.3 is 45.1 Å². The topological polar surface area (TPSA) is 175 Å². The molecular formula is C81H147NO10. The van der Waals surface area contributed by atoms with Crippen LogP contribution in [0.25, 0.3) is 0 Å². The van der Waals surface area contributed by atoms with Gasteiger partial charge in [0.1, 0.15) is 24.4 Å². The number of esters is 1. The molecule has 11 nitrogen and oxygen atoms in total. The maximum atomic E-state index is 13.5. The number of nitrogens with one attached hydrogen (secondary N) is 1. The van der Waals surface area contributed by atoms with Gasteiger partial charge in [0.15, 0.2) is 12.4 Å². The number of amides is 1. The van der Waals surface area contributed by atoms with Crippen LogP contribution in [0.15, 0.2) is 72.9 Å². The van der Waals surface area contributed by atoms with Crippen molar-refractivity contribution in [3.05, 3.63) is 72.9 Å². The van der Waals surface area contributed by atoms with Gasteiger partial charge >= 0.3 is 5.97 Å². The Hall–Kier alpha value is -2.90. The second-order valence-corrected chi connectivity index (χ2v) is 27.1. The summed E-state index contributed by atoms with van der Waals surface area (Å²) in [5.41, 5.74) is 0. The maximum Gasteiger partial charge on any atom is 0.306 e. The summed E-state index contributed by atoms with van der Waals surface area (Å²) in [7, 11) is 0. The number of aliphatic hydroxyl groups excluding tert-OH is 5. The van der Waals surface area contributed by atoms with Crippen LogP contribution in [0.2, 0.25) is 0 Å². The first kappa shape index (κ1) is 87.1. The highest BCUT2D eigenvalue weighted by Crippen LogP contribution is 2.27. The Balaban J connectivity index is 2.50. The molecule has 0 aromatic rings. The van der Waals surface area contributed by atoms with E-state index in [1.165, 1.54) is 225 Å². The van der Waals surface area contributed by atoms with E-state index in [2.05, 4.69) is 86.8 Å². The van der Waals surface area contributed by atoms with E-state index in [0.717, 1.165) is 96.3 Å². The van der Waals surface area contributed by atoms with Crippen LogP contribution in [0.5, 0.6) is 0 Å². The highest BCUT2D eigenvalue weighted by molar-refractivity contribution is 5.80. The minimum absolute atomic E-state index is 0.126. The highest BCUT2D eigenvalue weighted by Gasteiger charge is 2.47. The van der Waals surface area contributed by atoms with Gasteiger partial charge in [0.25, 0.3) is 0 Å². The Morgan fingerprint density at radius 3 is 1.17 bits per heavy atom. The summed E-state index contributed by atoms with van der Waals surface area (Å²) in [6.07, 6.45) is 79.6. The van der Waals surface area contributed by atoms with Gasteiger partial charge in [-0.3, -0.25) is 9.59 Å². The number of unbranched alkanes of at least 4 members (excludes halogenated alkanes) is 44. The molecule has 0 aromatic carbocycles. The summed E-state index contributed by atoms with van der Waals surface area (Å²) >= 11 is 0. The molecule has 0 saturated carbocycles. The maximum absolute atomic E-state index is 13.5. The Labute approximate surface area is 566 Å². The fourth-order valence-electron chi connectivity index (χ4n) is 12.3. The molecule has 1 amide bonds. The van der Waals surface area contributed by atoms with Gasteiger partial charge in [-0.05, 0) is 70.6 Å². The predicted molar refractivity (Wildman–Crippen MR) is 389 cm³/mol. The van der Waals surface area contributed by atoms with Crippen molar-refractivity contribution in [2.24, 2.45) is 0 Å². The SMILES string of the molecule is CC/C=C\C/C=C\C/C=C\C/C=C\C/C=C\CCCCCCCCCCC(O)C(=O)NC(COC1OC(CO)C(O)C(O)C1OC(=O)CCCCCCCCCCCCCCCCCCCCCCCCCCCCC)C(O)/C=C/CCCCCCCCCCCC. The quantitative estimate of drug-likeness (QED) is 0.0195. The summed E-state index contributed by atoms with van der Waals surface area (Å²) in [5, 5.41) is 57.4. The number of allylic oxidation sites excluding steroid dienone is 11. The van der Waals surface area contributed by atoms with Crippen molar-refractivity contribution in [3.8, 4) is 0 Å². The molecular weight excluding hydrogens is 1150 g/mol. The normalized spacial score (nSPS) is 18.3. The summed E-state index contributed by atoms with van der Waals surface area (Å²) < 4.78 is 17.7. The van der Waals surface area contributed by atoms with Gasteiger partial charge in [-0.15, -0.1) is 0 Å². The molecule has 1 heterocycles. The Morgan fingerprint density at radius 1 is 0.435 bits per heavy atom. The number of aliphatic hydroxyl groups is 5. The van der Waals surface area contributed by atoms with Gasteiger partial charge in [-0.1, -0.05) is 363 Å². The lowest BCUT2D eigenvalue weighted by atomic mass is 9.99. The van der Waals surface area contributed by atoms with Crippen molar-refractivity contribution < 1.29 is 49.3 Å². The first-order chi connectivity index (χ1) is 45.2. The van der Waals surface area contributed by atoms with E-state index in [1.807, 2.05) is 6.08 Å². The lowest BCUT2D eigenvalue weighted by Crippen LogP contribution is -2.61. The molecule has 0 spiro atoms. The number of hydrogen-bond acceptors (Lipinski definition) is 10. The second-order valence-electron chi connectivity index (χ2n) is 27.1. The summed E-state index contributed by atoms with van der Waals surface area (Å²) in [6.45, 7) is 5.73. The zero-order valence-corrected chi connectivity index (χ0v) is 59.9. The van der Waals surface area contributed by atoms with Gasteiger partial charge in [-0.25, -0.2) is 0 Å². The van der Waals surface area contributed by atoms with E-state index in [0.29, 0.717) is 12.8 Å². The van der Waals surface area contributed by atoms with Crippen molar-refractivity contribution >= 4 is 11.9 Å². The first-order valence-corrected chi connectivity index (χ1v) is 39.2. The third-order valence-corrected chi connectivity index (χ3v) is 18.4. The van der Waals surface area contributed by atoms with Crippen molar-refractivity contribution in [1.29, 1.82) is 0 Å². The van der Waals surface area contributed by atoms with Crippen LogP contribution < -0.4 is 5.32 Å². The number of hydrogen-bond donors (Lipinski definition) is 6. The zero-order valence-electron chi connectivity index (χ0n) is 59.9. The Kier molecular flexibility index (Phi) is 64.4. The van der Waals surface area contributed by atoms with E-state index >= 15 is 0 Å². The molecule has 1 fully saturated rings. The largest absolute Gasteiger partial charge is 0.454 e. The van der Waals surface area contributed by atoms with Crippen LogP contribution in [0.1, 0.15) is 367 Å². The van der Waals surface area contributed by atoms with Crippen LogP contribution in [0.4, 0.5) is 0 Å². The average molecular weight is 1300 g/mol. The minimum atomic E-state index is -1.62. The Morgan fingerprint density at radius 2 is 0.783 bits per heavy atom.